The first-order valence-electron chi connectivity index (χ1n) is 4.96. The highest BCUT2D eigenvalue weighted by Gasteiger charge is 2.21. The molecule has 0 amide bonds. The van der Waals surface area contributed by atoms with E-state index in [1.165, 1.54) is 22.9 Å². The molecule has 1 atom stereocenters. The van der Waals surface area contributed by atoms with Gasteiger partial charge in [0.2, 0.25) is 0 Å². The molecule has 16 heavy (non-hydrogen) atoms. The van der Waals surface area contributed by atoms with Crippen LogP contribution >= 0.6 is 38.8 Å². The van der Waals surface area contributed by atoms with Crippen LogP contribution in [0.15, 0.2) is 15.9 Å². The Bertz CT molecular complexity index is 469. The summed E-state index contributed by atoms with van der Waals surface area (Å²) in [5, 5.41) is 16.3. The molecule has 1 N–H and O–H groups in total. The Labute approximate surface area is 110 Å². The molecule has 1 unspecified atom stereocenters. The predicted molar refractivity (Wildman–Crippen MR) is 70.0 cm³/mol. The average molecular weight is 319 g/mol. The standard InChI is InChI=1S/C10H11BrN2OS2/c1-2-3-7-10(16-13-12-7)8(14)9-6(11)4-5-15-9/h4-5,8,14H,2-3H2,1H3. The lowest BCUT2D eigenvalue weighted by Crippen LogP contribution is -1.99. The van der Waals surface area contributed by atoms with E-state index in [-0.39, 0.29) is 0 Å². The molecule has 6 heteroatoms. The smallest absolute Gasteiger partial charge is 0.127 e. The van der Waals surface area contributed by atoms with E-state index in [9.17, 15) is 5.11 Å². The highest BCUT2D eigenvalue weighted by Crippen LogP contribution is 2.35. The highest BCUT2D eigenvalue weighted by atomic mass is 79.9. The van der Waals surface area contributed by atoms with Gasteiger partial charge in [-0.1, -0.05) is 17.8 Å². The Morgan fingerprint density at radius 3 is 2.94 bits per heavy atom. The van der Waals surface area contributed by atoms with E-state index in [1.807, 2.05) is 11.4 Å². The van der Waals surface area contributed by atoms with Crippen molar-refractivity contribution in [2.24, 2.45) is 0 Å². The van der Waals surface area contributed by atoms with Crippen LogP contribution in [-0.4, -0.2) is 14.7 Å². The SMILES string of the molecule is CCCc1nnsc1C(O)c1sccc1Br. The van der Waals surface area contributed by atoms with Crippen molar-refractivity contribution in [3.05, 3.63) is 31.4 Å². The molecule has 0 bridgehead atoms. The molecule has 0 spiro atoms. The average Bonchev–Trinajstić information content (AvgIpc) is 2.87. The quantitative estimate of drug-likeness (QED) is 0.939. The zero-order valence-corrected chi connectivity index (χ0v) is 11.9. The maximum absolute atomic E-state index is 10.3. The fraction of sp³-hybridized carbons (Fsp3) is 0.400. The molecule has 2 rings (SSSR count). The summed E-state index contributed by atoms with van der Waals surface area (Å²) >= 11 is 6.25. The number of aliphatic hydroxyl groups is 1. The van der Waals surface area contributed by atoms with Gasteiger partial charge in [-0.3, -0.25) is 0 Å². The van der Waals surface area contributed by atoms with Gasteiger partial charge in [-0.05, 0) is 45.3 Å². The molecular weight excluding hydrogens is 308 g/mol. The van der Waals surface area contributed by atoms with Crippen molar-refractivity contribution in [1.29, 1.82) is 0 Å². The Balaban J connectivity index is 2.30. The van der Waals surface area contributed by atoms with Crippen LogP contribution < -0.4 is 0 Å². The lowest BCUT2D eigenvalue weighted by Gasteiger charge is -2.07. The summed E-state index contributed by atoms with van der Waals surface area (Å²) in [6, 6.07) is 1.94. The third-order valence-corrected chi connectivity index (χ3v) is 4.96. The topological polar surface area (TPSA) is 46.0 Å². The van der Waals surface area contributed by atoms with Gasteiger partial charge in [0, 0.05) is 4.47 Å². The molecule has 3 nitrogen and oxygen atoms in total. The van der Waals surface area contributed by atoms with Crippen LogP contribution in [0.1, 0.15) is 34.9 Å². The number of thiophene rings is 1. The van der Waals surface area contributed by atoms with Gasteiger partial charge in [0.25, 0.3) is 0 Å². The lowest BCUT2D eigenvalue weighted by molar-refractivity contribution is 0.226. The van der Waals surface area contributed by atoms with E-state index in [2.05, 4.69) is 32.4 Å². The summed E-state index contributed by atoms with van der Waals surface area (Å²) in [5.74, 6) is 0. The number of hydrogen-bond acceptors (Lipinski definition) is 5. The fourth-order valence-electron chi connectivity index (χ4n) is 1.45. The van der Waals surface area contributed by atoms with Gasteiger partial charge in [-0.15, -0.1) is 16.4 Å². The van der Waals surface area contributed by atoms with Crippen LogP contribution in [0.25, 0.3) is 0 Å². The molecule has 2 aromatic rings. The van der Waals surface area contributed by atoms with Crippen molar-refractivity contribution < 1.29 is 5.11 Å². The van der Waals surface area contributed by atoms with E-state index >= 15 is 0 Å². The molecule has 0 aromatic carbocycles. The van der Waals surface area contributed by atoms with Gasteiger partial charge in [-0.25, -0.2) is 0 Å². The summed E-state index contributed by atoms with van der Waals surface area (Å²) in [4.78, 5) is 1.79. The van der Waals surface area contributed by atoms with Gasteiger partial charge in [0.15, 0.2) is 0 Å². The minimum atomic E-state index is -0.601. The van der Waals surface area contributed by atoms with Crippen molar-refractivity contribution in [3.8, 4) is 0 Å². The molecule has 0 saturated heterocycles. The number of halogens is 1. The molecule has 2 heterocycles. The van der Waals surface area contributed by atoms with Crippen LogP contribution in [0.3, 0.4) is 0 Å². The number of rotatable bonds is 4. The van der Waals surface area contributed by atoms with Gasteiger partial charge in [0.1, 0.15) is 6.10 Å². The molecule has 0 aliphatic heterocycles. The maximum atomic E-state index is 10.3. The molecule has 0 saturated carbocycles. The zero-order chi connectivity index (χ0) is 11.5. The van der Waals surface area contributed by atoms with E-state index in [0.29, 0.717) is 0 Å². The van der Waals surface area contributed by atoms with Crippen molar-refractivity contribution >= 4 is 38.8 Å². The summed E-state index contributed by atoms with van der Waals surface area (Å²) in [6.45, 7) is 2.09. The monoisotopic (exact) mass is 318 g/mol. The molecular formula is C10H11BrN2OS2. The van der Waals surface area contributed by atoms with Crippen LogP contribution in [0.5, 0.6) is 0 Å². The Morgan fingerprint density at radius 2 is 2.31 bits per heavy atom. The van der Waals surface area contributed by atoms with Crippen molar-refractivity contribution in [3.63, 3.8) is 0 Å². The number of aromatic nitrogens is 2. The summed E-state index contributed by atoms with van der Waals surface area (Å²) in [6.07, 6.45) is 1.28. The second-order valence-electron chi connectivity index (χ2n) is 3.37. The largest absolute Gasteiger partial charge is 0.382 e. The molecule has 86 valence electrons. The zero-order valence-electron chi connectivity index (χ0n) is 8.68. The van der Waals surface area contributed by atoms with E-state index in [0.717, 1.165) is 32.8 Å². The number of nitrogens with zero attached hydrogens (tertiary/aromatic N) is 2. The first-order chi connectivity index (χ1) is 7.74. The van der Waals surface area contributed by atoms with Gasteiger partial charge < -0.3 is 5.11 Å². The van der Waals surface area contributed by atoms with Crippen molar-refractivity contribution in [1.82, 2.24) is 9.59 Å². The summed E-state index contributed by atoms with van der Waals surface area (Å²) in [7, 11) is 0. The van der Waals surface area contributed by atoms with Crippen LogP contribution in [0, 0.1) is 0 Å². The van der Waals surface area contributed by atoms with Crippen molar-refractivity contribution in [2.45, 2.75) is 25.9 Å². The minimum Gasteiger partial charge on any atom is -0.382 e. The van der Waals surface area contributed by atoms with Crippen LogP contribution in [-0.2, 0) is 6.42 Å². The van der Waals surface area contributed by atoms with Gasteiger partial charge in [-0.2, -0.15) is 0 Å². The fourth-order valence-corrected chi connectivity index (χ4v) is 3.80. The van der Waals surface area contributed by atoms with Gasteiger partial charge in [0.05, 0.1) is 15.4 Å². The van der Waals surface area contributed by atoms with E-state index < -0.39 is 6.10 Å². The maximum Gasteiger partial charge on any atom is 0.127 e. The molecule has 2 aromatic heterocycles. The van der Waals surface area contributed by atoms with Crippen LogP contribution in [0.4, 0.5) is 0 Å². The van der Waals surface area contributed by atoms with E-state index in [1.54, 1.807) is 0 Å². The lowest BCUT2D eigenvalue weighted by atomic mass is 10.1. The second kappa shape index (κ2) is 5.35. The first-order valence-corrected chi connectivity index (χ1v) is 7.40. The van der Waals surface area contributed by atoms with Crippen molar-refractivity contribution in [2.75, 3.05) is 0 Å². The van der Waals surface area contributed by atoms with Crippen LogP contribution in [0.2, 0.25) is 0 Å². The predicted octanol–water partition coefficient (Wildman–Crippen LogP) is 3.40. The highest BCUT2D eigenvalue weighted by molar-refractivity contribution is 9.10. The first kappa shape index (κ1) is 12.2. The Hall–Kier alpha value is -0.300. The minimum absolute atomic E-state index is 0.601. The molecule has 0 radical (unpaired) electrons. The molecule has 0 aliphatic rings. The Morgan fingerprint density at radius 1 is 1.50 bits per heavy atom. The summed E-state index contributed by atoms with van der Waals surface area (Å²) in [5.41, 5.74) is 0.917. The van der Waals surface area contributed by atoms with Gasteiger partial charge >= 0.3 is 0 Å². The normalized spacial score (nSPS) is 12.9. The number of aliphatic hydroxyl groups excluding tert-OH is 1. The Kier molecular flexibility index (Phi) is 4.07. The molecule has 0 aliphatic carbocycles. The molecule has 0 fully saturated rings. The third-order valence-electron chi connectivity index (χ3n) is 2.21. The second-order valence-corrected chi connectivity index (χ2v) is 5.96. The summed E-state index contributed by atoms with van der Waals surface area (Å²) < 4.78 is 4.87. The number of hydrogen-bond donors (Lipinski definition) is 1. The number of aryl methyl sites for hydroxylation is 1. The van der Waals surface area contributed by atoms with E-state index in [4.69, 9.17) is 0 Å². The third kappa shape index (κ3) is 2.34.